The molecule has 1 aliphatic heterocycles. The van der Waals surface area contributed by atoms with E-state index in [4.69, 9.17) is 0 Å². The van der Waals surface area contributed by atoms with Crippen LogP contribution in [0.5, 0.6) is 0 Å². The van der Waals surface area contributed by atoms with Crippen molar-refractivity contribution in [1.82, 2.24) is 4.90 Å². The van der Waals surface area contributed by atoms with Gasteiger partial charge in [-0.25, -0.2) is 0 Å². The van der Waals surface area contributed by atoms with Gasteiger partial charge >= 0.3 is 0 Å². The van der Waals surface area contributed by atoms with Gasteiger partial charge in [0.2, 0.25) is 0 Å². The number of rotatable bonds is 2. The number of hydrogen-bond acceptors (Lipinski definition) is 3. The van der Waals surface area contributed by atoms with Gasteiger partial charge in [-0.05, 0) is 5.41 Å². The molecule has 0 radical (unpaired) electrons. The number of β-amino-alcohol motifs (C(OH)–C–C–N with tert-alkyl or cyclic N) is 1. The van der Waals surface area contributed by atoms with Crippen LogP contribution in [-0.2, 0) is 10.8 Å². The summed E-state index contributed by atoms with van der Waals surface area (Å²) in [6.07, 6.45) is -0.297. The van der Waals surface area contributed by atoms with Crippen molar-refractivity contribution in [3.05, 3.63) is 0 Å². The van der Waals surface area contributed by atoms with E-state index in [0.29, 0.717) is 6.54 Å². The van der Waals surface area contributed by atoms with Gasteiger partial charge < -0.3 is 5.11 Å². The smallest absolute Gasteiger partial charge is 0.0715 e. The van der Waals surface area contributed by atoms with Crippen molar-refractivity contribution in [2.45, 2.75) is 26.9 Å². The highest BCUT2D eigenvalue weighted by Gasteiger charge is 2.25. The molecule has 1 heterocycles. The van der Waals surface area contributed by atoms with Crippen molar-refractivity contribution >= 4 is 10.8 Å². The Hall–Kier alpha value is 0.0700. The minimum atomic E-state index is -0.620. The average molecular weight is 219 g/mol. The summed E-state index contributed by atoms with van der Waals surface area (Å²) in [6.45, 7) is 8.56. The standard InChI is InChI=1S/C10H21NO2S/c1-10(2,3)9(12)8-11-4-6-14(13)7-5-11/h9,12H,4-8H2,1-3H3. The van der Waals surface area contributed by atoms with E-state index in [2.05, 4.69) is 4.90 Å². The van der Waals surface area contributed by atoms with Crippen LogP contribution in [0.2, 0.25) is 0 Å². The quantitative estimate of drug-likeness (QED) is 0.733. The second-order valence-corrected chi connectivity index (χ2v) is 6.73. The Bertz CT molecular complexity index is 203. The third kappa shape index (κ3) is 3.67. The fourth-order valence-corrected chi connectivity index (χ4v) is 2.50. The molecule has 14 heavy (non-hydrogen) atoms. The van der Waals surface area contributed by atoms with Gasteiger partial charge in [-0.1, -0.05) is 20.8 Å². The van der Waals surface area contributed by atoms with Gasteiger partial charge in [-0.15, -0.1) is 0 Å². The normalized spacial score (nSPS) is 23.7. The van der Waals surface area contributed by atoms with Crippen LogP contribution in [0.15, 0.2) is 0 Å². The molecular formula is C10H21NO2S. The zero-order chi connectivity index (χ0) is 10.8. The van der Waals surface area contributed by atoms with Crippen molar-refractivity contribution < 1.29 is 9.32 Å². The Morgan fingerprint density at radius 1 is 1.36 bits per heavy atom. The summed E-state index contributed by atoms with van der Waals surface area (Å²) in [6, 6.07) is 0. The van der Waals surface area contributed by atoms with E-state index in [9.17, 15) is 9.32 Å². The number of aliphatic hydroxyl groups is 1. The molecule has 1 saturated heterocycles. The molecule has 0 aromatic carbocycles. The first-order valence-corrected chi connectivity index (χ1v) is 6.64. The fraction of sp³-hybridized carbons (Fsp3) is 1.00. The van der Waals surface area contributed by atoms with E-state index in [-0.39, 0.29) is 11.5 Å². The molecule has 1 aliphatic rings. The molecule has 84 valence electrons. The molecular weight excluding hydrogens is 198 g/mol. The third-order valence-electron chi connectivity index (χ3n) is 2.70. The van der Waals surface area contributed by atoms with Crippen LogP contribution in [0.4, 0.5) is 0 Å². The Balaban J connectivity index is 2.34. The summed E-state index contributed by atoms with van der Waals surface area (Å²) in [4.78, 5) is 2.21. The van der Waals surface area contributed by atoms with Gasteiger partial charge in [0.15, 0.2) is 0 Å². The zero-order valence-corrected chi connectivity index (χ0v) is 10.1. The Morgan fingerprint density at radius 3 is 2.29 bits per heavy atom. The lowest BCUT2D eigenvalue weighted by atomic mass is 9.89. The SMILES string of the molecule is CC(C)(C)C(O)CN1CCS(=O)CC1. The molecule has 0 bridgehead atoms. The van der Waals surface area contributed by atoms with Crippen LogP contribution < -0.4 is 0 Å². The minimum Gasteiger partial charge on any atom is -0.391 e. The zero-order valence-electron chi connectivity index (χ0n) is 9.32. The van der Waals surface area contributed by atoms with E-state index >= 15 is 0 Å². The van der Waals surface area contributed by atoms with Crippen LogP contribution in [0.3, 0.4) is 0 Å². The first kappa shape index (κ1) is 12.1. The number of aliphatic hydroxyl groups excluding tert-OH is 1. The highest BCUT2D eigenvalue weighted by Crippen LogP contribution is 2.20. The Labute approximate surface area is 88.9 Å². The molecule has 0 spiro atoms. The maximum absolute atomic E-state index is 11.1. The molecule has 1 atom stereocenters. The first-order valence-electron chi connectivity index (χ1n) is 5.15. The van der Waals surface area contributed by atoms with Crippen LogP contribution in [-0.4, -0.2) is 51.5 Å². The molecule has 0 aliphatic carbocycles. The summed E-state index contributed by atoms with van der Waals surface area (Å²) in [5.41, 5.74) is -0.0589. The van der Waals surface area contributed by atoms with E-state index in [1.807, 2.05) is 20.8 Å². The molecule has 1 N–H and O–H groups in total. The van der Waals surface area contributed by atoms with E-state index in [1.165, 1.54) is 0 Å². The van der Waals surface area contributed by atoms with Crippen molar-refractivity contribution in [2.24, 2.45) is 5.41 Å². The lowest BCUT2D eigenvalue weighted by Gasteiger charge is -2.33. The van der Waals surface area contributed by atoms with Crippen LogP contribution >= 0.6 is 0 Å². The summed E-state index contributed by atoms with van der Waals surface area (Å²) < 4.78 is 11.1. The van der Waals surface area contributed by atoms with Crippen molar-refractivity contribution in [3.63, 3.8) is 0 Å². The molecule has 0 aromatic rings. The number of hydrogen-bond donors (Lipinski definition) is 1. The second-order valence-electron chi connectivity index (χ2n) is 5.03. The van der Waals surface area contributed by atoms with Crippen molar-refractivity contribution in [3.8, 4) is 0 Å². The molecule has 0 aromatic heterocycles. The van der Waals surface area contributed by atoms with Gasteiger partial charge in [-0.3, -0.25) is 9.11 Å². The van der Waals surface area contributed by atoms with E-state index < -0.39 is 10.8 Å². The van der Waals surface area contributed by atoms with Crippen molar-refractivity contribution in [1.29, 1.82) is 0 Å². The maximum atomic E-state index is 11.1. The Kier molecular flexibility index (Phi) is 4.10. The lowest BCUT2D eigenvalue weighted by Crippen LogP contribution is -2.45. The highest BCUT2D eigenvalue weighted by atomic mass is 32.2. The largest absolute Gasteiger partial charge is 0.391 e. The van der Waals surface area contributed by atoms with E-state index in [0.717, 1.165) is 24.6 Å². The topological polar surface area (TPSA) is 40.5 Å². The first-order chi connectivity index (χ1) is 6.39. The maximum Gasteiger partial charge on any atom is 0.0715 e. The molecule has 4 heteroatoms. The van der Waals surface area contributed by atoms with Gasteiger partial charge in [0.1, 0.15) is 0 Å². The molecule has 3 nitrogen and oxygen atoms in total. The van der Waals surface area contributed by atoms with Crippen LogP contribution in [0, 0.1) is 5.41 Å². The lowest BCUT2D eigenvalue weighted by molar-refractivity contribution is 0.0308. The fourth-order valence-electron chi connectivity index (χ4n) is 1.38. The molecule has 1 fully saturated rings. The average Bonchev–Trinajstić information content (AvgIpc) is 2.07. The number of nitrogens with zero attached hydrogens (tertiary/aromatic N) is 1. The van der Waals surface area contributed by atoms with Crippen LogP contribution in [0.1, 0.15) is 20.8 Å². The monoisotopic (exact) mass is 219 g/mol. The van der Waals surface area contributed by atoms with E-state index in [1.54, 1.807) is 0 Å². The molecule has 1 rings (SSSR count). The summed E-state index contributed by atoms with van der Waals surface area (Å²) >= 11 is 0. The van der Waals surface area contributed by atoms with Gasteiger partial charge in [0, 0.05) is 41.9 Å². The predicted octanol–water partition coefficient (Wildman–Crippen LogP) is 0.458. The van der Waals surface area contributed by atoms with Gasteiger partial charge in [-0.2, -0.15) is 0 Å². The van der Waals surface area contributed by atoms with Gasteiger partial charge in [0.05, 0.1) is 6.10 Å². The summed E-state index contributed by atoms with van der Waals surface area (Å²) in [5.74, 6) is 1.52. The molecule has 1 unspecified atom stereocenters. The highest BCUT2D eigenvalue weighted by molar-refractivity contribution is 7.85. The van der Waals surface area contributed by atoms with Crippen molar-refractivity contribution in [2.75, 3.05) is 31.1 Å². The minimum absolute atomic E-state index is 0.0589. The Morgan fingerprint density at radius 2 is 1.86 bits per heavy atom. The molecule has 0 amide bonds. The third-order valence-corrected chi connectivity index (χ3v) is 3.98. The predicted molar refractivity (Wildman–Crippen MR) is 59.8 cm³/mol. The van der Waals surface area contributed by atoms with Crippen LogP contribution in [0.25, 0.3) is 0 Å². The summed E-state index contributed by atoms with van der Waals surface area (Å²) in [5, 5.41) is 9.89. The summed E-state index contributed by atoms with van der Waals surface area (Å²) in [7, 11) is -0.620. The second kappa shape index (κ2) is 4.73. The van der Waals surface area contributed by atoms with Gasteiger partial charge in [0.25, 0.3) is 0 Å². The molecule has 0 saturated carbocycles.